The lowest BCUT2D eigenvalue weighted by Gasteiger charge is -2.26. The molecule has 0 bridgehead atoms. The molecule has 1 aromatic heterocycles. The number of nitrogens with one attached hydrogen (secondary N) is 1. The second-order valence-corrected chi connectivity index (χ2v) is 4.97. The zero-order valence-corrected chi connectivity index (χ0v) is 11.9. The maximum Gasteiger partial charge on any atom is 0.245 e. The molecule has 2 amide bonds. The SMILES string of the molecule is CC(=O)NC(C(=O)N(C)Cc1ccncc1)C(C)C. The molecule has 1 aromatic rings. The highest BCUT2D eigenvalue weighted by atomic mass is 16.2. The van der Waals surface area contributed by atoms with Gasteiger partial charge in [-0.1, -0.05) is 13.8 Å². The molecule has 19 heavy (non-hydrogen) atoms. The van der Waals surface area contributed by atoms with Crippen LogP contribution in [0.2, 0.25) is 0 Å². The van der Waals surface area contributed by atoms with Gasteiger partial charge in [0.2, 0.25) is 11.8 Å². The van der Waals surface area contributed by atoms with Crippen LogP contribution in [0.25, 0.3) is 0 Å². The number of amides is 2. The Balaban J connectivity index is 2.71. The Kier molecular flexibility index (Phi) is 5.48. The van der Waals surface area contributed by atoms with E-state index in [4.69, 9.17) is 0 Å². The summed E-state index contributed by atoms with van der Waals surface area (Å²) < 4.78 is 0. The molecule has 0 saturated heterocycles. The number of carbonyl (C=O) groups excluding carboxylic acids is 2. The van der Waals surface area contributed by atoms with Gasteiger partial charge in [0, 0.05) is 32.9 Å². The summed E-state index contributed by atoms with van der Waals surface area (Å²) >= 11 is 0. The quantitative estimate of drug-likeness (QED) is 0.868. The van der Waals surface area contributed by atoms with Gasteiger partial charge in [0.05, 0.1) is 0 Å². The summed E-state index contributed by atoms with van der Waals surface area (Å²) in [6.07, 6.45) is 3.39. The fourth-order valence-corrected chi connectivity index (χ4v) is 1.81. The van der Waals surface area contributed by atoms with Crippen LogP contribution in [0.15, 0.2) is 24.5 Å². The van der Waals surface area contributed by atoms with Gasteiger partial charge in [-0.15, -0.1) is 0 Å². The first-order valence-electron chi connectivity index (χ1n) is 6.32. The monoisotopic (exact) mass is 263 g/mol. The largest absolute Gasteiger partial charge is 0.344 e. The molecule has 1 heterocycles. The van der Waals surface area contributed by atoms with E-state index in [0.29, 0.717) is 6.54 Å². The van der Waals surface area contributed by atoms with Gasteiger partial charge in [-0.2, -0.15) is 0 Å². The predicted molar refractivity (Wildman–Crippen MR) is 73.2 cm³/mol. The van der Waals surface area contributed by atoms with E-state index in [1.807, 2.05) is 26.0 Å². The molecule has 1 N–H and O–H groups in total. The highest BCUT2D eigenvalue weighted by Crippen LogP contribution is 2.08. The van der Waals surface area contributed by atoms with Crippen molar-refractivity contribution in [1.29, 1.82) is 0 Å². The van der Waals surface area contributed by atoms with Gasteiger partial charge in [0.15, 0.2) is 0 Å². The first-order valence-corrected chi connectivity index (χ1v) is 6.32. The molecule has 0 radical (unpaired) electrons. The van der Waals surface area contributed by atoms with Gasteiger partial charge in [-0.05, 0) is 23.6 Å². The number of nitrogens with zero attached hydrogens (tertiary/aromatic N) is 2. The standard InChI is InChI=1S/C14H21N3O2/c1-10(2)13(16-11(3)18)14(19)17(4)9-12-5-7-15-8-6-12/h5-8,10,13H,9H2,1-4H3,(H,16,18). The van der Waals surface area contributed by atoms with Crippen molar-refractivity contribution in [3.05, 3.63) is 30.1 Å². The summed E-state index contributed by atoms with van der Waals surface area (Å²) in [4.78, 5) is 29.0. The van der Waals surface area contributed by atoms with Crippen molar-refractivity contribution in [1.82, 2.24) is 15.2 Å². The number of likely N-dealkylation sites (N-methyl/N-ethyl adjacent to an activating group) is 1. The van der Waals surface area contributed by atoms with Crippen LogP contribution in [0.5, 0.6) is 0 Å². The van der Waals surface area contributed by atoms with E-state index >= 15 is 0 Å². The van der Waals surface area contributed by atoms with Gasteiger partial charge in [0.1, 0.15) is 6.04 Å². The van der Waals surface area contributed by atoms with Gasteiger partial charge >= 0.3 is 0 Å². The molecule has 1 unspecified atom stereocenters. The minimum Gasteiger partial charge on any atom is -0.344 e. The topological polar surface area (TPSA) is 62.3 Å². The van der Waals surface area contributed by atoms with Crippen molar-refractivity contribution in [2.24, 2.45) is 5.92 Å². The third kappa shape index (κ3) is 4.69. The van der Waals surface area contributed by atoms with Crippen LogP contribution in [0.4, 0.5) is 0 Å². The first kappa shape index (κ1) is 15.1. The van der Waals surface area contributed by atoms with Gasteiger partial charge < -0.3 is 10.2 Å². The summed E-state index contributed by atoms with van der Waals surface area (Å²) in [5.41, 5.74) is 1.01. The van der Waals surface area contributed by atoms with E-state index in [0.717, 1.165) is 5.56 Å². The van der Waals surface area contributed by atoms with Crippen LogP contribution in [0.1, 0.15) is 26.3 Å². The summed E-state index contributed by atoms with van der Waals surface area (Å²) in [6, 6.07) is 3.25. The third-order valence-corrected chi connectivity index (χ3v) is 2.84. The van der Waals surface area contributed by atoms with Gasteiger partial charge in [-0.25, -0.2) is 0 Å². The van der Waals surface area contributed by atoms with Crippen molar-refractivity contribution in [2.45, 2.75) is 33.4 Å². The molecular formula is C14H21N3O2. The molecule has 0 aliphatic heterocycles. The van der Waals surface area contributed by atoms with Crippen LogP contribution in [0.3, 0.4) is 0 Å². The second kappa shape index (κ2) is 6.87. The summed E-state index contributed by atoms with van der Waals surface area (Å²) in [6.45, 7) is 5.76. The van der Waals surface area contributed by atoms with E-state index in [9.17, 15) is 9.59 Å². The van der Waals surface area contributed by atoms with Crippen molar-refractivity contribution >= 4 is 11.8 Å². The van der Waals surface area contributed by atoms with Crippen LogP contribution in [-0.2, 0) is 16.1 Å². The van der Waals surface area contributed by atoms with Crippen LogP contribution in [0, 0.1) is 5.92 Å². The Labute approximate surface area is 114 Å². The Bertz CT molecular complexity index is 432. The van der Waals surface area contributed by atoms with Crippen LogP contribution >= 0.6 is 0 Å². The Morgan fingerprint density at radius 2 is 1.89 bits per heavy atom. The molecule has 0 aliphatic carbocycles. The molecule has 1 atom stereocenters. The van der Waals surface area contributed by atoms with Crippen LogP contribution < -0.4 is 5.32 Å². The molecule has 5 nitrogen and oxygen atoms in total. The molecule has 0 fully saturated rings. The van der Waals surface area contributed by atoms with Crippen molar-refractivity contribution in [3.8, 4) is 0 Å². The zero-order chi connectivity index (χ0) is 14.4. The first-order chi connectivity index (χ1) is 8.91. The van der Waals surface area contributed by atoms with Crippen molar-refractivity contribution < 1.29 is 9.59 Å². The molecule has 1 rings (SSSR count). The number of hydrogen-bond donors (Lipinski definition) is 1. The minimum absolute atomic E-state index is 0.0521. The van der Waals surface area contributed by atoms with Gasteiger partial charge in [-0.3, -0.25) is 14.6 Å². The molecule has 0 spiro atoms. The Hall–Kier alpha value is -1.91. The Morgan fingerprint density at radius 1 is 1.32 bits per heavy atom. The molecular weight excluding hydrogens is 242 g/mol. The maximum atomic E-state index is 12.3. The summed E-state index contributed by atoms with van der Waals surface area (Å²) in [5, 5.41) is 2.70. The molecule has 0 aromatic carbocycles. The van der Waals surface area contributed by atoms with E-state index in [1.165, 1.54) is 6.92 Å². The lowest BCUT2D eigenvalue weighted by atomic mass is 10.0. The lowest BCUT2D eigenvalue weighted by molar-refractivity contribution is -0.136. The highest BCUT2D eigenvalue weighted by molar-refractivity contribution is 5.86. The highest BCUT2D eigenvalue weighted by Gasteiger charge is 2.25. The van der Waals surface area contributed by atoms with Gasteiger partial charge in [0.25, 0.3) is 0 Å². The average molecular weight is 263 g/mol. The Morgan fingerprint density at radius 3 is 2.37 bits per heavy atom. The second-order valence-electron chi connectivity index (χ2n) is 4.97. The van der Waals surface area contributed by atoms with E-state index in [-0.39, 0.29) is 17.7 Å². The number of aromatic nitrogens is 1. The van der Waals surface area contributed by atoms with E-state index in [1.54, 1.807) is 24.3 Å². The summed E-state index contributed by atoms with van der Waals surface area (Å²) in [7, 11) is 1.74. The molecule has 0 aliphatic rings. The van der Waals surface area contributed by atoms with Crippen LogP contribution in [-0.4, -0.2) is 34.8 Å². The van der Waals surface area contributed by atoms with E-state index < -0.39 is 6.04 Å². The fourth-order valence-electron chi connectivity index (χ4n) is 1.81. The smallest absolute Gasteiger partial charge is 0.245 e. The average Bonchev–Trinajstić information content (AvgIpc) is 2.35. The van der Waals surface area contributed by atoms with Crippen molar-refractivity contribution in [2.75, 3.05) is 7.05 Å². The third-order valence-electron chi connectivity index (χ3n) is 2.84. The predicted octanol–water partition coefficient (Wildman–Crippen LogP) is 1.20. The summed E-state index contributed by atoms with van der Waals surface area (Å²) in [5.74, 6) is -0.220. The number of carbonyl (C=O) groups is 2. The lowest BCUT2D eigenvalue weighted by Crippen LogP contribution is -2.49. The number of rotatable bonds is 5. The number of pyridine rings is 1. The maximum absolute atomic E-state index is 12.3. The van der Waals surface area contributed by atoms with E-state index in [2.05, 4.69) is 10.3 Å². The molecule has 5 heteroatoms. The zero-order valence-electron chi connectivity index (χ0n) is 11.9. The normalized spacial score (nSPS) is 12.1. The van der Waals surface area contributed by atoms with Crippen molar-refractivity contribution in [3.63, 3.8) is 0 Å². The minimum atomic E-state index is -0.482. The molecule has 104 valence electrons. The molecule has 0 saturated carbocycles. The number of hydrogen-bond acceptors (Lipinski definition) is 3. The fraction of sp³-hybridized carbons (Fsp3) is 0.500.